The van der Waals surface area contributed by atoms with Gasteiger partial charge in [-0.2, -0.15) is 0 Å². The molecule has 0 spiro atoms. The number of carbonyl (C=O) groups is 1. The molecule has 0 unspecified atom stereocenters. The summed E-state index contributed by atoms with van der Waals surface area (Å²) in [7, 11) is 0. The van der Waals surface area contributed by atoms with E-state index < -0.39 is 5.24 Å². The molecule has 0 saturated heterocycles. The van der Waals surface area contributed by atoms with Gasteiger partial charge in [-0.15, -0.1) is 0 Å². The molecule has 5 heteroatoms. The Morgan fingerprint density at radius 2 is 2.00 bits per heavy atom. The summed E-state index contributed by atoms with van der Waals surface area (Å²) in [6, 6.07) is 4.94. The number of nitrogens with zero attached hydrogens (tertiary/aromatic N) is 1. The summed E-state index contributed by atoms with van der Waals surface area (Å²) in [6.45, 7) is 0. The fourth-order valence-electron chi connectivity index (χ4n) is 1.30. The van der Waals surface area contributed by atoms with Gasteiger partial charge in [-0.25, -0.2) is 9.78 Å². The number of halogens is 3. The number of carbonyl (C=O) groups excluding carboxylic acids is 1. The summed E-state index contributed by atoms with van der Waals surface area (Å²) in [5, 5.41) is 1.79. The zero-order chi connectivity index (χ0) is 11.0. The minimum atomic E-state index is -0.423. The van der Waals surface area contributed by atoms with Crippen molar-refractivity contribution in [3.63, 3.8) is 0 Å². The third-order valence-electron chi connectivity index (χ3n) is 2.03. The first-order valence-electron chi connectivity index (χ1n) is 4.04. The van der Waals surface area contributed by atoms with Crippen molar-refractivity contribution in [1.29, 1.82) is 0 Å². The van der Waals surface area contributed by atoms with Crippen molar-refractivity contribution in [2.24, 2.45) is 0 Å². The van der Waals surface area contributed by atoms with Crippen molar-refractivity contribution in [1.82, 2.24) is 4.98 Å². The average Bonchev–Trinajstić information content (AvgIpc) is 2.23. The highest BCUT2D eigenvalue weighted by Crippen LogP contribution is 2.28. The van der Waals surface area contributed by atoms with E-state index in [1.165, 1.54) is 6.20 Å². The van der Waals surface area contributed by atoms with Crippen molar-refractivity contribution in [2.75, 3.05) is 0 Å². The largest absolute Gasteiger partial charge is 0.430 e. The smallest absolute Gasteiger partial charge is 0.242 e. The van der Waals surface area contributed by atoms with E-state index >= 15 is 0 Å². The van der Waals surface area contributed by atoms with E-state index in [4.69, 9.17) is 23.2 Å². The molecule has 0 fully saturated rings. The van der Waals surface area contributed by atoms with Gasteiger partial charge in [0.15, 0.2) is 11.6 Å². The van der Waals surface area contributed by atoms with E-state index in [-0.39, 0.29) is 0 Å². The van der Waals surface area contributed by atoms with Crippen LogP contribution in [-0.4, -0.2) is 10.2 Å². The molecule has 2 rings (SSSR count). The molecule has 15 heavy (non-hydrogen) atoms. The van der Waals surface area contributed by atoms with Gasteiger partial charge in [0.1, 0.15) is 5.15 Å². The van der Waals surface area contributed by atoms with E-state index in [1.54, 1.807) is 18.2 Å². The van der Waals surface area contributed by atoms with Crippen molar-refractivity contribution in [3.8, 4) is 0 Å². The monoisotopic (exact) mass is 260 g/mol. The molecule has 0 aliphatic carbocycles. The molecule has 0 bridgehead atoms. The predicted octanol–water partition coefficient (Wildman–Crippen LogP) is 2.96. The minimum Gasteiger partial charge on any atom is -0.242 e. The van der Waals surface area contributed by atoms with Crippen LogP contribution >= 0.6 is 23.2 Å². The molecule has 0 radical (unpaired) electrons. The highest BCUT2D eigenvalue weighted by Gasteiger charge is 2.12. The number of pyridine rings is 1. The van der Waals surface area contributed by atoms with Crippen LogP contribution in [0.15, 0.2) is 24.4 Å². The van der Waals surface area contributed by atoms with Crippen LogP contribution in [-0.2, 0) is 0 Å². The Labute approximate surface area is 101 Å². The molecule has 0 saturated carbocycles. The number of rotatable bonds is 1. The molecule has 1 aromatic heterocycles. The number of hydrogen-bond donors (Lipinski definition) is 0. The second kappa shape index (κ2) is 3.97. The van der Waals surface area contributed by atoms with Crippen LogP contribution < -0.4 is 0 Å². The summed E-state index contributed by atoms with van der Waals surface area (Å²) in [4.78, 5) is 14.9. The van der Waals surface area contributed by atoms with Crippen molar-refractivity contribution in [2.45, 2.75) is 0 Å². The lowest BCUT2D eigenvalue weighted by molar-refractivity contribution is -0.255. The Morgan fingerprint density at radius 3 is 2.67 bits per heavy atom. The standard InChI is InChI=1S/C10H5Cl3NO/c11-8-4-14-9(12)7-3-5(10(13)15)1-2-6(7)8/h1-4,13H/q+1. The summed E-state index contributed by atoms with van der Waals surface area (Å²) >= 11 is 16.4. The molecule has 0 amide bonds. The molecular weight excluding hydrogens is 256 g/mol. The molecule has 2 nitrogen and oxygen atoms in total. The SMILES string of the molecule is O=C([ClH+])c1ccc2c(Cl)cnc(Cl)c2c1. The molecular formula is C10H5Cl3NO+. The van der Waals surface area contributed by atoms with E-state index in [2.05, 4.69) is 16.6 Å². The Kier molecular flexibility index (Phi) is 2.83. The molecule has 0 atom stereocenters. The first-order chi connectivity index (χ1) is 7.09. The van der Waals surface area contributed by atoms with Gasteiger partial charge in [-0.1, -0.05) is 29.3 Å². The molecule has 0 aliphatic heterocycles. The normalized spacial score (nSPS) is 10.6. The van der Waals surface area contributed by atoms with E-state index in [0.717, 1.165) is 5.39 Å². The maximum absolute atomic E-state index is 11.0. The van der Waals surface area contributed by atoms with Crippen LogP contribution in [0.2, 0.25) is 10.2 Å². The Morgan fingerprint density at radius 1 is 1.27 bits per heavy atom. The lowest BCUT2D eigenvalue weighted by Crippen LogP contribution is -1.93. The first-order valence-corrected chi connectivity index (χ1v) is 5.21. The van der Waals surface area contributed by atoms with Crippen LogP contribution in [0.4, 0.5) is 0 Å². The topological polar surface area (TPSA) is 30.0 Å². The zero-order valence-corrected chi connectivity index (χ0v) is 9.66. The first kappa shape index (κ1) is 10.7. The summed E-state index contributed by atoms with van der Waals surface area (Å²) in [5.74, 6) is 0. The van der Waals surface area contributed by atoms with Crippen LogP contribution in [0.25, 0.3) is 10.8 Å². The third kappa shape index (κ3) is 1.93. The third-order valence-corrected chi connectivity index (χ3v) is 2.86. The quantitative estimate of drug-likeness (QED) is 0.583. The highest BCUT2D eigenvalue weighted by molar-refractivity contribution is 6.39. The minimum absolute atomic E-state index is 0.313. The van der Waals surface area contributed by atoms with Gasteiger partial charge in [0.25, 0.3) is 0 Å². The Balaban J connectivity index is 2.81. The second-order valence-corrected chi connectivity index (χ2v) is 4.08. The lowest BCUT2D eigenvalue weighted by atomic mass is 10.1. The van der Waals surface area contributed by atoms with Gasteiger partial charge in [0.2, 0.25) is 0 Å². The van der Waals surface area contributed by atoms with E-state index in [9.17, 15) is 4.79 Å². The van der Waals surface area contributed by atoms with E-state index in [0.29, 0.717) is 21.1 Å². The van der Waals surface area contributed by atoms with Crippen molar-refractivity contribution >= 4 is 39.2 Å². The highest BCUT2D eigenvalue weighted by atomic mass is 35.5. The van der Waals surface area contributed by atoms with Crippen molar-refractivity contribution in [3.05, 3.63) is 40.1 Å². The van der Waals surface area contributed by atoms with Gasteiger partial charge in [-0.05, 0) is 12.1 Å². The van der Waals surface area contributed by atoms with E-state index in [1.807, 2.05) is 0 Å². The predicted molar refractivity (Wildman–Crippen MR) is 57.5 cm³/mol. The number of fused-ring (bicyclic) bond motifs is 1. The fraction of sp³-hybridized carbons (Fsp3) is 0. The van der Waals surface area contributed by atoms with Crippen LogP contribution in [0.1, 0.15) is 10.4 Å². The van der Waals surface area contributed by atoms with Gasteiger partial charge in [0.05, 0.1) is 10.6 Å². The molecule has 1 aromatic carbocycles. The van der Waals surface area contributed by atoms with Crippen LogP contribution in [0.3, 0.4) is 0 Å². The Bertz CT molecular complexity index is 554. The van der Waals surface area contributed by atoms with Crippen LogP contribution in [0, 0.1) is 11.6 Å². The second-order valence-electron chi connectivity index (χ2n) is 2.94. The lowest BCUT2D eigenvalue weighted by Gasteiger charge is -2.01. The van der Waals surface area contributed by atoms with Crippen molar-refractivity contribution < 1.29 is 16.4 Å². The molecule has 1 heterocycles. The van der Waals surface area contributed by atoms with Gasteiger partial charge in [-0.3, -0.25) is 0 Å². The summed E-state index contributed by atoms with van der Waals surface area (Å²) in [6.07, 6.45) is 1.47. The van der Waals surface area contributed by atoms with Gasteiger partial charge < -0.3 is 0 Å². The molecule has 0 aliphatic rings. The summed E-state index contributed by atoms with van der Waals surface area (Å²) < 4.78 is 0. The number of benzene rings is 1. The van der Waals surface area contributed by atoms with Crippen LogP contribution in [0.5, 0.6) is 0 Å². The van der Waals surface area contributed by atoms with Gasteiger partial charge in [0, 0.05) is 17.0 Å². The zero-order valence-electron chi connectivity index (χ0n) is 7.33. The average molecular weight is 262 g/mol. The maximum Gasteiger partial charge on any atom is 0.430 e. The molecule has 2 aromatic rings. The molecule has 0 N–H and O–H groups in total. The number of hydrogen-bond acceptors (Lipinski definition) is 2. The maximum atomic E-state index is 11.0. The Hall–Kier alpha value is -0.830. The van der Waals surface area contributed by atoms with Gasteiger partial charge >= 0.3 is 5.24 Å². The fourth-order valence-corrected chi connectivity index (χ4v) is 1.85. The summed E-state index contributed by atoms with van der Waals surface area (Å²) in [5.41, 5.74) is 0.420. The molecule has 76 valence electrons. The number of aromatic nitrogens is 1.